The first-order valence-corrected chi connectivity index (χ1v) is 28.9. The van der Waals surface area contributed by atoms with Crippen molar-refractivity contribution >= 4 is 17.9 Å². The Hall–Kier alpha value is -3.15. The largest absolute Gasteiger partial charge is 0.462 e. The fourth-order valence-electron chi connectivity index (χ4n) is 8.04. The van der Waals surface area contributed by atoms with Gasteiger partial charge in [0, 0.05) is 19.3 Å². The van der Waals surface area contributed by atoms with Gasteiger partial charge in [0.1, 0.15) is 13.2 Å². The van der Waals surface area contributed by atoms with E-state index < -0.39 is 6.10 Å². The Morgan fingerprint density at radius 2 is 0.529 bits per heavy atom. The summed E-state index contributed by atoms with van der Waals surface area (Å²) in [6.45, 7) is 6.58. The first-order valence-electron chi connectivity index (χ1n) is 28.9. The summed E-state index contributed by atoms with van der Waals surface area (Å²) in [6, 6.07) is 0. The molecule has 0 aromatic rings. The Kier molecular flexibility index (Phi) is 53.8. The molecule has 0 aliphatic carbocycles. The highest BCUT2D eigenvalue weighted by atomic mass is 16.6. The monoisotopic (exact) mass is 949 g/mol. The molecule has 0 N–H and O–H groups in total. The third-order valence-corrected chi connectivity index (χ3v) is 12.4. The van der Waals surface area contributed by atoms with Gasteiger partial charge in [-0.25, -0.2) is 0 Å². The van der Waals surface area contributed by atoms with Crippen LogP contribution < -0.4 is 0 Å². The summed E-state index contributed by atoms with van der Waals surface area (Å²) in [5.74, 6) is -0.901. The first-order chi connectivity index (χ1) is 33.5. The molecule has 0 aliphatic rings. The first kappa shape index (κ1) is 64.8. The number of unbranched alkanes of at least 4 members (excludes halogenated alkanes) is 29. The van der Waals surface area contributed by atoms with Gasteiger partial charge in [-0.2, -0.15) is 0 Å². The molecule has 0 spiro atoms. The Balaban J connectivity index is 4.40. The van der Waals surface area contributed by atoms with Crippen LogP contribution in [0.5, 0.6) is 0 Å². The van der Waals surface area contributed by atoms with E-state index in [0.29, 0.717) is 19.3 Å². The molecule has 0 aromatic heterocycles. The summed E-state index contributed by atoms with van der Waals surface area (Å²) < 4.78 is 16.9. The number of esters is 3. The average Bonchev–Trinajstić information content (AvgIpc) is 3.34. The SMILES string of the molecule is CCCCC/C=C\C/C=C\C/C=C\CCCCCCCCC(=O)OC[C@@H](COC(=O)CCCCCCCCCCCCCC)OC(=O)CCCCCCCC/C=C\C/C=C\C/C=C\CCCCC. The third kappa shape index (κ3) is 53.8. The number of carbonyl (C=O) groups is 3. The van der Waals surface area contributed by atoms with Crippen LogP contribution >= 0.6 is 0 Å². The van der Waals surface area contributed by atoms with Crippen molar-refractivity contribution in [1.82, 2.24) is 0 Å². The van der Waals surface area contributed by atoms with E-state index in [2.05, 4.69) is 93.7 Å². The zero-order valence-electron chi connectivity index (χ0n) is 44.9. The summed E-state index contributed by atoms with van der Waals surface area (Å²) in [7, 11) is 0. The fourth-order valence-corrected chi connectivity index (χ4v) is 8.04. The minimum atomic E-state index is -0.787. The van der Waals surface area contributed by atoms with Crippen LogP contribution in [0.3, 0.4) is 0 Å². The maximum atomic E-state index is 12.9. The van der Waals surface area contributed by atoms with Gasteiger partial charge in [-0.1, -0.05) is 241 Å². The van der Waals surface area contributed by atoms with E-state index in [0.717, 1.165) is 103 Å². The van der Waals surface area contributed by atoms with E-state index in [-0.39, 0.29) is 31.1 Å². The molecule has 0 rings (SSSR count). The second-order valence-electron chi connectivity index (χ2n) is 19.2. The van der Waals surface area contributed by atoms with E-state index in [1.165, 1.54) is 141 Å². The molecule has 68 heavy (non-hydrogen) atoms. The lowest BCUT2D eigenvalue weighted by Gasteiger charge is -2.18. The van der Waals surface area contributed by atoms with Crippen molar-refractivity contribution < 1.29 is 28.6 Å². The minimum Gasteiger partial charge on any atom is -0.462 e. The lowest BCUT2D eigenvalue weighted by Crippen LogP contribution is -2.30. The van der Waals surface area contributed by atoms with Gasteiger partial charge in [0.15, 0.2) is 6.10 Å². The molecular weight excluding hydrogens is 841 g/mol. The summed E-state index contributed by atoms with van der Waals surface area (Å²) in [4.78, 5) is 38.1. The van der Waals surface area contributed by atoms with Crippen LogP contribution in [0.4, 0.5) is 0 Å². The fraction of sp³-hybridized carbons (Fsp3) is 0.758. The lowest BCUT2D eigenvalue weighted by molar-refractivity contribution is -0.167. The molecule has 0 bridgehead atoms. The van der Waals surface area contributed by atoms with Crippen molar-refractivity contribution in [3.63, 3.8) is 0 Å². The standard InChI is InChI=1S/C62H108O6/c1-4-7-10-13-16-19-22-25-27-29-31-33-35-37-40-43-46-49-52-55-61(64)67-58-59(57-66-60(63)54-51-48-45-42-39-24-21-18-15-12-9-6-3)68-62(65)56-53-50-47-44-41-38-36-34-32-30-28-26-23-20-17-14-11-8-5-2/h16-17,19-20,25-28,31-34,59H,4-15,18,21-24,29-30,35-58H2,1-3H3/b19-16-,20-17-,27-25-,28-26-,33-31-,34-32-/t59-/m1/s1. The van der Waals surface area contributed by atoms with Crippen LogP contribution in [0.25, 0.3) is 0 Å². The van der Waals surface area contributed by atoms with Gasteiger partial charge in [0.25, 0.3) is 0 Å². The molecule has 6 heteroatoms. The molecule has 0 fully saturated rings. The maximum absolute atomic E-state index is 12.9. The molecule has 0 amide bonds. The van der Waals surface area contributed by atoms with E-state index in [1.807, 2.05) is 0 Å². The van der Waals surface area contributed by atoms with Gasteiger partial charge in [-0.15, -0.1) is 0 Å². The molecule has 1 atom stereocenters. The van der Waals surface area contributed by atoms with E-state index in [1.54, 1.807) is 0 Å². The van der Waals surface area contributed by atoms with Crippen molar-refractivity contribution in [2.45, 2.75) is 290 Å². The number of allylic oxidation sites excluding steroid dienone is 12. The number of hydrogen-bond donors (Lipinski definition) is 0. The summed E-state index contributed by atoms with van der Waals surface area (Å²) >= 11 is 0. The predicted octanol–water partition coefficient (Wildman–Crippen LogP) is 19.4. The highest BCUT2D eigenvalue weighted by Crippen LogP contribution is 2.15. The van der Waals surface area contributed by atoms with Crippen LogP contribution in [-0.4, -0.2) is 37.2 Å². The zero-order chi connectivity index (χ0) is 49.3. The Bertz CT molecular complexity index is 1270. The summed E-state index contributed by atoms with van der Waals surface area (Å²) in [5.41, 5.74) is 0. The van der Waals surface area contributed by atoms with Gasteiger partial charge in [-0.05, 0) is 96.3 Å². The van der Waals surface area contributed by atoms with Gasteiger partial charge >= 0.3 is 17.9 Å². The van der Waals surface area contributed by atoms with E-state index in [9.17, 15) is 14.4 Å². The van der Waals surface area contributed by atoms with E-state index in [4.69, 9.17) is 14.2 Å². The lowest BCUT2D eigenvalue weighted by atomic mass is 10.0. The highest BCUT2D eigenvalue weighted by molar-refractivity contribution is 5.71. The Morgan fingerprint density at radius 3 is 0.853 bits per heavy atom. The topological polar surface area (TPSA) is 78.9 Å². The molecule has 392 valence electrons. The van der Waals surface area contributed by atoms with Crippen LogP contribution in [-0.2, 0) is 28.6 Å². The number of hydrogen-bond acceptors (Lipinski definition) is 6. The maximum Gasteiger partial charge on any atom is 0.306 e. The smallest absolute Gasteiger partial charge is 0.306 e. The molecule has 0 saturated carbocycles. The molecule has 0 aliphatic heterocycles. The molecular formula is C62H108O6. The molecule has 0 unspecified atom stereocenters. The van der Waals surface area contributed by atoms with Crippen molar-refractivity contribution in [2.75, 3.05) is 13.2 Å². The van der Waals surface area contributed by atoms with Crippen LogP contribution in [0.15, 0.2) is 72.9 Å². The zero-order valence-corrected chi connectivity index (χ0v) is 44.9. The van der Waals surface area contributed by atoms with Crippen LogP contribution in [0, 0.1) is 0 Å². The normalized spacial score (nSPS) is 12.6. The van der Waals surface area contributed by atoms with Crippen molar-refractivity contribution in [1.29, 1.82) is 0 Å². The second kappa shape index (κ2) is 56.4. The Morgan fingerprint density at radius 1 is 0.294 bits per heavy atom. The molecule has 0 saturated heterocycles. The average molecular weight is 950 g/mol. The van der Waals surface area contributed by atoms with Gasteiger partial charge in [0.05, 0.1) is 0 Å². The predicted molar refractivity (Wildman–Crippen MR) is 293 cm³/mol. The minimum absolute atomic E-state index is 0.0832. The summed E-state index contributed by atoms with van der Waals surface area (Å²) in [5, 5.41) is 0. The number of rotatable bonds is 52. The molecule has 0 aromatic carbocycles. The molecule has 0 radical (unpaired) electrons. The van der Waals surface area contributed by atoms with Gasteiger partial charge in [-0.3, -0.25) is 14.4 Å². The van der Waals surface area contributed by atoms with Gasteiger partial charge in [0.2, 0.25) is 0 Å². The van der Waals surface area contributed by atoms with Crippen LogP contribution in [0.2, 0.25) is 0 Å². The molecule has 0 heterocycles. The third-order valence-electron chi connectivity index (χ3n) is 12.4. The van der Waals surface area contributed by atoms with Crippen molar-refractivity contribution in [3.05, 3.63) is 72.9 Å². The van der Waals surface area contributed by atoms with Gasteiger partial charge < -0.3 is 14.2 Å². The van der Waals surface area contributed by atoms with E-state index >= 15 is 0 Å². The second-order valence-corrected chi connectivity index (χ2v) is 19.2. The number of ether oxygens (including phenoxy) is 3. The van der Waals surface area contributed by atoms with Crippen molar-refractivity contribution in [3.8, 4) is 0 Å². The Labute approximate surface area is 421 Å². The van der Waals surface area contributed by atoms with Crippen molar-refractivity contribution in [2.24, 2.45) is 0 Å². The molecule has 6 nitrogen and oxygen atoms in total. The number of carbonyl (C=O) groups excluding carboxylic acids is 3. The van der Waals surface area contributed by atoms with Crippen LogP contribution in [0.1, 0.15) is 284 Å². The summed E-state index contributed by atoms with van der Waals surface area (Å²) in [6.07, 6.45) is 71.7. The quantitative estimate of drug-likeness (QED) is 0.0262. The highest BCUT2D eigenvalue weighted by Gasteiger charge is 2.19.